The number of amides is 2. The van der Waals surface area contributed by atoms with Gasteiger partial charge in [0, 0.05) is 19.8 Å². The van der Waals surface area contributed by atoms with E-state index in [1.807, 2.05) is 12.1 Å². The number of hydrogen-bond acceptors (Lipinski definition) is 3. The molecule has 0 radical (unpaired) electrons. The lowest BCUT2D eigenvalue weighted by Crippen LogP contribution is -2.21. The summed E-state index contributed by atoms with van der Waals surface area (Å²) in [6.45, 7) is 0. The Balaban J connectivity index is 2.30. The van der Waals surface area contributed by atoms with Gasteiger partial charge in [0.15, 0.2) is 0 Å². The van der Waals surface area contributed by atoms with Crippen molar-refractivity contribution in [1.29, 1.82) is 0 Å². The molecule has 2 aromatic carbocycles. The van der Waals surface area contributed by atoms with E-state index in [-0.39, 0.29) is 11.8 Å². The molecule has 0 aromatic heterocycles. The number of benzene rings is 2. The van der Waals surface area contributed by atoms with Crippen LogP contribution in [0.25, 0.3) is 0 Å². The van der Waals surface area contributed by atoms with Crippen molar-refractivity contribution in [2.75, 3.05) is 24.7 Å². The number of carbonyl (C=O) groups is 2. The molecule has 0 aliphatic carbocycles. The molecule has 0 aliphatic heterocycles. The van der Waals surface area contributed by atoms with E-state index in [0.29, 0.717) is 16.8 Å². The van der Waals surface area contributed by atoms with Crippen LogP contribution >= 0.6 is 0 Å². The summed E-state index contributed by atoms with van der Waals surface area (Å²) in [6, 6.07) is 14.1. The minimum absolute atomic E-state index is 0.243. The zero-order chi connectivity index (χ0) is 15.2. The molecule has 5 heteroatoms. The van der Waals surface area contributed by atoms with Gasteiger partial charge in [0.1, 0.15) is 0 Å². The van der Waals surface area contributed by atoms with E-state index in [1.54, 1.807) is 50.5 Å². The number of rotatable bonds is 4. The van der Waals surface area contributed by atoms with E-state index in [1.165, 1.54) is 0 Å². The average Bonchev–Trinajstić information content (AvgIpc) is 2.54. The van der Waals surface area contributed by atoms with Crippen LogP contribution in [0.3, 0.4) is 0 Å². The van der Waals surface area contributed by atoms with Gasteiger partial charge in [-0.3, -0.25) is 9.59 Å². The summed E-state index contributed by atoms with van der Waals surface area (Å²) < 4.78 is 0. The van der Waals surface area contributed by atoms with Crippen LogP contribution in [0.1, 0.15) is 20.7 Å². The third-order valence-corrected chi connectivity index (χ3v) is 3.09. The van der Waals surface area contributed by atoms with Crippen LogP contribution in [-0.4, -0.2) is 25.9 Å². The van der Waals surface area contributed by atoms with Gasteiger partial charge in [-0.05, 0) is 24.3 Å². The first-order valence-corrected chi connectivity index (χ1v) is 6.56. The van der Waals surface area contributed by atoms with Crippen LogP contribution in [0.4, 0.5) is 11.4 Å². The highest BCUT2D eigenvalue weighted by Gasteiger charge is 2.14. The first-order chi connectivity index (χ1) is 10.2. The van der Waals surface area contributed by atoms with Crippen molar-refractivity contribution in [3.63, 3.8) is 0 Å². The van der Waals surface area contributed by atoms with Gasteiger partial charge in [0.05, 0.1) is 16.8 Å². The highest BCUT2D eigenvalue weighted by atomic mass is 16.2. The second-order valence-corrected chi connectivity index (χ2v) is 4.37. The predicted molar refractivity (Wildman–Crippen MR) is 83.8 cm³/mol. The van der Waals surface area contributed by atoms with Gasteiger partial charge in [-0.25, -0.2) is 0 Å². The topological polar surface area (TPSA) is 70.2 Å². The molecule has 0 spiro atoms. The molecule has 5 nitrogen and oxygen atoms in total. The molecule has 0 atom stereocenters. The SMILES string of the molecule is CNC(=O)c1ccccc1NC(=O)c1ccccc1NC. The summed E-state index contributed by atoms with van der Waals surface area (Å²) in [4.78, 5) is 24.2. The quantitative estimate of drug-likeness (QED) is 0.806. The molecule has 2 amide bonds. The Hall–Kier alpha value is -2.82. The van der Waals surface area contributed by atoms with Crippen molar-refractivity contribution in [2.45, 2.75) is 0 Å². The molecule has 0 bridgehead atoms. The Morgan fingerprint density at radius 3 is 1.86 bits per heavy atom. The van der Waals surface area contributed by atoms with Gasteiger partial charge in [-0.15, -0.1) is 0 Å². The molecule has 0 aliphatic rings. The Kier molecular flexibility index (Phi) is 4.56. The maximum absolute atomic E-state index is 12.4. The zero-order valence-electron chi connectivity index (χ0n) is 11.9. The summed E-state index contributed by atoms with van der Waals surface area (Å²) in [5.41, 5.74) is 2.15. The van der Waals surface area contributed by atoms with Crippen LogP contribution in [0.2, 0.25) is 0 Å². The maximum Gasteiger partial charge on any atom is 0.257 e. The number of nitrogens with one attached hydrogen (secondary N) is 3. The van der Waals surface area contributed by atoms with Gasteiger partial charge < -0.3 is 16.0 Å². The molecule has 108 valence electrons. The molecular weight excluding hydrogens is 266 g/mol. The van der Waals surface area contributed by atoms with Crippen molar-refractivity contribution in [3.8, 4) is 0 Å². The molecule has 21 heavy (non-hydrogen) atoms. The second-order valence-electron chi connectivity index (χ2n) is 4.37. The molecular formula is C16H17N3O2. The molecule has 2 rings (SSSR count). The lowest BCUT2D eigenvalue weighted by molar-refractivity contribution is 0.0964. The first-order valence-electron chi connectivity index (χ1n) is 6.56. The number of hydrogen-bond donors (Lipinski definition) is 3. The lowest BCUT2D eigenvalue weighted by atomic mass is 10.1. The van der Waals surface area contributed by atoms with Gasteiger partial charge in [-0.1, -0.05) is 24.3 Å². The van der Waals surface area contributed by atoms with Crippen LogP contribution < -0.4 is 16.0 Å². The summed E-state index contributed by atoms with van der Waals surface area (Å²) in [7, 11) is 3.31. The zero-order valence-corrected chi connectivity index (χ0v) is 11.9. The highest BCUT2D eigenvalue weighted by molar-refractivity contribution is 6.11. The monoisotopic (exact) mass is 283 g/mol. The third kappa shape index (κ3) is 3.20. The van der Waals surface area contributed by atoms with E-state index in [2.05, 4.69) is 16.0 Å². The fourth-order valence-corrected chi connectivity index (χ4v) is 2.01. The van der Waals surface area contributed by atoms with E-state index >= 15 is 0 Å². The molecule has 0 unspecified atom stereocenters. The Morgan fingerprint density at radius 1 is 0.762 bits per heavy atom. The van der Waals surface area contributed by atoms with Crippen molar-refractivity contribution >= 4 is 23.2 Å². The summed E-state index contributed by atoms with van der Waals surface area (Å²) in [6.07, 6.45) is 0. The predicted octanol–water partition coefficient (Wildman–Crippen LogP) is 2.34. The van der Waals surface area contributed by atoms with Gasteiger partial charge in [-0.2, -0.15) is 0 Å². The largest absolute Gasteiger partial charge is 0.387 e. The average molecular weight is 283 g/mol. The van der Waals surface area contributed by atoms with E-state index < -0.39 is 0 Å². The van der Waals surface area contributed by atoms with E-state index in [9.17, 15) is 9.59 Å². The van der Waals surface area contributed by atoms with Crippen molar-refractivity contribution in [3.05, 3.63) is 59.7 Å². The number of para-hydroxylation sites is 2. The number of carbonyl (C=O) groups excluding carboxylic acids is 2. The normalized spacial score (nSPS) is 9.81. The Labute approximate surface area is 123 Å². The first kappa shape index (κ1) is 14.6. The molecule has 0 saturated carbocycles. The summed E-state index contributed by atoms with van der Waals surface area (Å²) >= 11 is 0. The van der Waals surface area contributed by atoms with Crippen LogP contribution in [0, 0.1) is 0 Å². The van der Waals surface area contributed by atoms with Gasteiger partial charge in [0.2, 0.25) is 0 Å². The molecule has 0 saturated heterocycles. The highest BCUT2D eigenvalue weighted by Crippen LogP contribution is 2.19. The Bertz CT molecular complexity index is 668. The fraction of sp³-hybridized carbons (Fsp3) is 0.125. The van der Waals surface area contributed by atoms with E-state index in [0.717, 1.165) is 5.69 Å². The Morgan fingerprint density at radius 2 is 1.29 bits per heavy atom. The third-order valence-electron chi connectivity index (χ3n) is 3.09. The van der Waals surface area contributed by atoms with Crippen molar-refractivity contribution in [2.24, 2.45) is 0 Å². The summed E-state index contributed by atoms with van der Waals surface area (Å²) in [5.74, 6) is -0.510. The van der Waals surface area contributed by atoms with Crippen molar-refractivity contribution in [1.82, 2.24) is 5.32 Å². The van der Waals surface area contributed by atoms with Gasteiger partial charge in [0.25, 0.3) is 11.8 Å². The smallest absolute Gasteiger partial charge is 0.257 e. The molecule has 0 heterocycles. The standard InChI is InChI=1S/C16H17N3O2/c1-17-13-9-5-3-7-11(13)16(21)19-14-10-6-4-8-12(14)15(20)18-2/h3-10,17H,1-2H3,(H,18,20)(H,19,21). The van der Waals surface area contributed by atoms with Crippen molar-refractivity contribution < 1.29 is 9.59 Å². The lowest BCUT2D eigenvalue weighted by Gasteiger charge is -2.12. The second kappa shape index (κ2) is 6.56. The number of anilines is 2. The molecule has 3 N–H and O–H groups in total. The van der Waals surface area contributed by atoms with Crippen LogP contribution in [0.5, 0.6) is 0 Å². The summed E-state index contributed by atoms with van der Waals surface area (Å²) in [5, 5.41) is 8.30. The van der Waals surface area contributed by atoms with Gasteiger partial charge >= 0.3 is 0 Å². The molecule has 0 fully saturated rings. The molecule has 2 aromatic rings. The van der Waals surface area contributed by atoms with Crippen LogP contribution in [0.15, 0.2) is 48.5 Å². The maximum atomic E-state index is 12.4. The minimum Gasteiger partial charge on any atom is -0.387 e. The van der Waals surface area contributed by atoms with Crippen LogP contribution in [-0.2, 0) is 0 Å². The van der Waals surface area contributed by atoms with E-state index in [4.69, 9.17) is 0 Å². The fourth-order valence-electron chi connectivity index (χ4n) is 2.01. The minimum atomic E-state index is -0.267.